The number of para-hydroxylation sites is 1. The molecule has 112 valence electrons. The van der Waals surface area contributed by atoms with E-state index in [-0.39, 0.29) is 23.2 Å². The van der Waals surface area contributed by atoms with Crippen molar-refractivity contribution in [1.82, 2.24) is 0 Å². The van der Waals surface area contributed by atoms with Crippen molar-refractivity contribution < 1.29 is 14.3 Å². The number of benzene rings is 1. The van der Waals surface area contributed by atoms with Crippen LogP contribution in [0.5, 0.6) is 5.75 Å². The molecule has 20 heavy (non-hydrogen) atoms. The van der Waals surface area contributed by atoms with Crippen molar-refractivity contribution in [2.45, 2.75) is 40.5 Å². The summed E-state index contributed by atoms with van der Waals surface area (Å²) < 4.78 is 10.7. The van der Waals surface area contributed by atoms with Gasteiger partial charge in [-0.25, -0.2) is 0 Å². The third kappa shape index (κ3) is 3.75. The molecule has 0 aromatic heterocycles. The molecule has 0 heterocycles. The fourth-order valence-electron chi connectivity index (χ4n) is 2.76. The quantitative estimate of drug-likeness (QED) is 0.763. The average Bonchev–Trinajstić information content (AvgIpc) is 2.37. The van der Waals surface area contributed by atoms with Gasteiger partial charge >= 0.3 is 5.97 Å². The number of hydrogen-bond acceptors (Lipinski definition) is 3. The van der Waals surface area contributed by atoms with Gasteiger partial charge in [0.1, 0.15) is 5.75 Å². The van der Waals surface area contributed by atoms with E-state index in [1.165, 1.54) is 0 Å². The van der Waals surface area contributed by atoms with E-state index in [1.54, 1.807) is 7.11 Å². The van der Waals surface area contributed by atoms with Crippen LogP contribution in [-0.4, -0.2) is 19.7 Å². The standard InChI is InChI=1S/C17H26O3/c1-7-20-16(18)15(17(3,4)5)12(2)13-10-8-9-11-14(13)19-6/h8-12,15H,7H2,1-6H3. The summed E-state index contributed by atoms with van der Waals surface area (Å²) >= 11 is 0. The Labute approximate surface area is 122 Å². The molecule has 0 fully saturated rings. The third-order valence-corrected chi connectivity index (χ3v) is 3.60. The van der Waals surface area contributed by atoms with Crippen molar-refractivity contribution in [3.8, 4) is 5.75 Å². The smallest absolute Gasteiger partial charge is 0.310 e. The van der Waals surface area contributed by atoms with Gasteiger partial charge < -0.3 is 9.47 Å². The van der Waals surface area contributed by atoms with Crippen LogP contribution in [0.1, 0.15) is 46.1 Å². The Hall–Kier alpha value is -1.51. The SMILES string of the molecule is CCOC(=O)C(C(C)c1ccccc1OC)C(C)(C)C. The van der Waals surface area contributed by atoms with Crippen molar-refractivity contribution in [3.63, 3.8) is 0 Å². The van der Waals surface area contributed by atoms with Gasteiger partial charge in [0.2, 0.25) is 0 Å². The van der Waals surface area contributed by atoms with E-state index in [0.29, 0.717) is 6.61 Å². The molecule has 1 rings (SSSR count). The van der Waals surface area contributed by atoms with Crippen molar-refractivity contribution in [2.24, 2.45) is 11.3 Å². The first-order valence-corrected chi connectivity index (χ1v) is 7.12. The van der Waals surface area contributed by atoms with Crippen LogP contribution in [0.25, 0.3) is 0 Å². The van der Waals surface area contributed by atoms with Crippen LogP contribution in [0.3, 0.4) is 0 Å². The van der Waals surface area contributed by atoms with E-state index in [9.17, 15) is 4.79 Å². The molecule has 3 heteroatoms. The Morgan fingerprint density at radius 3 is 2.35 bits per heavy atom. The summed E-state index contributed by atoms with van der Waals surface area (Å²) in [4.78, 5) is 12.3. The summed E-state index contributed by atoms with van der Waals surface area (Å²) in [6.45, 7) is 10.5. The van der Waals surface area contributed by atoms with E-state index >= 15 is 0 Å². The van der Waals surface area contributed by atoms with Crippen molar-refractivity contribution in [2.75, 3.05) is 13.7 Å². The lowest BCUT2D eigenvalue weighted by atomic mass is 9.71. The molecule has 0 bridgehead atoms. The lowest BCUT2D eigenvalue weighted by Crippen LogP contribution is -2.34. The Morgan fingerprint density at radius 1 is 1.25 bits per heavy atom. The Bertz CT molecular complexity index is 446. The molecule has 0 saturated carbocycles. The average molecular weight is 278 g/mol. The van der Waals surface area contributed by atoms with Gasteiger partial charge in [-0.1, -0.05) is 45.9 Å². The fourth-order valence-corrected chi connectivity index (χ4v) is 2.76. The van der Waals surface area contributed by atoms with E-state index in [4.69, 9.17) is 9.47 Å². The largest absolute Gasteiger partial charge is 0.496 e. The molecule has 0 saturated heterocycles. The number of rotatable bonds is 5. The van der Waals surface area contributed by atoms with Crippen LogP contribution in [-0.2, 0) is 9.53 Å². The third-order valence-electron chi connectivity index (χ3n) is 3.60. The van der Waals surface area contributed by atoms with Crippen LogP contribution in [0.2, 0.25) is 0 Å². The van der Waals surface area contributed by atoms with Gasteiger partial charge in [-0.2, -0.15) is 0 Å². The molecule has 0 aliphatic rings. The number of methoxy groups -OCH3 is 1. The zero-order valence-electron chi connectivity index (χ0n) is 13.4. The summed E-state index contributed by atoms with van der Waals surface area (Å²) in [6, 6.07) is 7.85. The molecular formula is C17H26O3. The molecule has 2 atom stereocenters. The second-order valence-electron chi connectivity index (χ2n) is 6.13. The normalized spacial score (nSPS) is 14.5. The summed E-state index contributed by atoms with van der Waals surface area (Å²) in [5, 5.41) is 0. The molecule has 0 aliphatic carbocycles. The zero-order chi connectivity index (χ0) is 15.3. The maximum atomic E-state index is 12.3. The number of ether oxygens (including phenoxy) is 2. The van der Waals surface area contributed by atoms with E-state index in [0.717, 1.165) is 11.3 Å². The first-order valence-electron chi connectivity index (χ1n) is 7.12. The van der Waals surface area contributed by atoms with E-state index in [2.05, 4.69) is 27.7 Å². The summed E-state index contributed by atoms with van der Waals surface area (Å²) in [5.74, 6) is 0.501. The van der Waals surface area contributed by atoms with Crippen molar-refractivity contribution in [3.05, 3.63) is 29.8 Å². The van der Waals surface area contributed by atoms with Crippen molar-refractivity contribution >= 4 is 5.97 Å². The van der Waals surface area contributed by atoms with Gasteiger partial charge in [0.25, 0.3) is 0 Å². The Kier molecular flexibility index (Phi) is 5.61. The molecule has 0 spiro atoms. The number of hydrogen-bond donors (Lipinski definition) is 0. The van der Waals surface area contributed by atoms with Gasteiger partial charge in [-0.05, 0) is 29.9 Å². The van der Waals surface area contributed by atoms with Gasteiger partial charge in [0, 0.05) is 0 Å². The number of esters is 1. The molecule has 0 N–H and O–H groups in total. The van der Waals surface area contributed by atoms with Crippen LogP contribution in [0, 0.1) is 11.3 Å². The molecule has 1 aromatic rings. The minimum absolute atomic E-state index is 0.0326. The minimum Gasteiger partial charge on any atom is -0.496 e. The Morgan fingerprint density at radius 2 is 1.85 bits per heavy atom. The summed E-state index contributed by atoms with van der Waals surface area (Å²) in [7, 11) is 1.65. The molecule has 1 aromatic carbocycles. The van der Waals surface area contributed by atoms with E-state index < -0.39 is 0 Å². The molecule has 3 nitrogen and oxygen atoms in total. The molecule has 0 radical (unpaired) electrons. The second-order valence-corrected chi connectivity index (χ2v) is 6.13. The topological polar surface area (TPSA) is 35.5 Å². The minimum atomic E-state index is -0.209. The van der Waals surface area contributed by atoms with E-state index in [1.807, 2.05) is 31.2 Å². The molecule has 0 amide bonds. The highest BCUT2D eigenvalue weighted by atomic mass is 16.5. The van der Waals surface area contributed by atoms with Gasteiger partial charge in [-0.15, -0.1) is 0 Å². The van der Waals surface area contributed by atoms with Crippen molar-refractivity contribution in [1.29, 1.82) is 0 Å². The maximum Gasteiger partial charge on any atom is 0.310 e. The highest BCUT2D eigenvalue weighted by Gasteiger charge is 2.38. The second kappa shape index (κ2) is 6.78. The summed E-state index contributed by atoms with van der Waals surface area (Å²) in [6.07, 6.45) is 0. The van der Waals surface area contributed by atoms with Crippen LogP contribution in [0.4, 0.5) is 0 Å². The molecular weight excluding hydrogens is 252 g/mol. The predicted molar refractivity (Wildman–Crippen MR) is 81.0 cm³/mol. The van der Waals surface area contributed by atoms with Gasteiger partial charge in [-0.3, -0.25) is 4.79 Å². The van der Waals surface area contributed by atoms with Gasteiger partial charge in [0.05, 0.1) is 19.6 Å². The number of carbonyl (C=O) groups excluding carboxylic acids is 1. The highest BCUT2D eigenvalue weighted by Crippen LogP contribution is 2.41. The fraction of sp³-hybridized carbons (Fsp3) is 0.588. The zero-order valence-corrected chi connectivity index (χ0v) is 13.4. The molecule has 0 aliphatic heterocycles. The van der Waals surface area contributed by atoms with Crippen LogP contribution < -0.4 is 4.74 Å². The lowest BCUT2D eigenvalue weighted by molar-refractivity contribution is -0.152. The number of carbonyl (C=O) groups is 1. The molecule has 2 unspecified atom stereocenters. The first-order chi connectivity index (χ1) is 9.32. The van der Waals surface area contributed by atoms with Crippen LogP contribution >= 0.6 is 0 Å². The maximum absolute atomic E-state index is 12.3. The first kappa shape index (κ1) is 16.5. The van der Waals surface area contributed by atoms with Gasteiger partial charge in [0.15, 0.2) is 0 Å². The monoisotopic (exact) mass is 278 g/mol. The lowest BCUT2D eigenvalue weighted by Gasteiger charge is -2.34. The summed E-state index contributed by atoms with van der Waals surface area (Å²) in [5.41, 5.74) is 0.870. The highest BCUT2D eigenvalue weighted by molar-refractivity contribution is 5.74. The predicted octanol–water partition coefficient (Wildman–Crippen LogP) is 4.02. The Balaban J connectivity index is 3.17. The van der Waals surface area contributed by atoms with Crippen LogP contribution in [0.15, 0.2) is 24.3 Å².